The highest BCUT2D eigenvalue weighted by Crippen LogP contribution is 2.41. The Bertz CT molecular complexity index is 3020. The molecule has 0 aliphatic rings. The molecule has 3 heteroatoms. The van der Waals surface area contributed by atoms with Crippen LogP contribution in [-0.2, 0) is 5.41 Å². The lowest BCUT2D eigenvalue weighted by Crippen LogP contribution is -2.16. The van der Waals surface area contributed by atoms with Crippen LogP contribution in [0.15, 0.2) is 164 Å². The van der Waals surface area contributed by atoms with E-state index in [4.69, 9.17) is 9.97 Å². The van der Waals surface area contributed by atoms with Crippen molar-refractivity contribution >= 4 is 64.1 Å². The van der Waals surface area contributed by atoms with Gasteiger partial charge in [-0.2, -0.15) is 0 Å². The Kier molecular flexibility index (Phi) is 7.28. The molecule has 0 unspecified atom stereocenters. The molecule has 0 saturated heterocycles. The quantitative estimate of drug-likeness (QED) is 0.171. The lowest BCUT2D eigenvalue weighted by molar-refractivity contribution is 0.571. The Hall–Kier alpha value is -6.16. The van der Waals surface area contributed by atoms with Crippen LogP contribution in [0.4, 0.5) is 0 Å². The Morgan fingerprint density at radius 1 is 0.396 bits per heavy atom. The molecular weight excluding hydrogens is 661 g/mol. The summed E-state index contributed by atoms with van der Waals surface area (Å²) >= 11 is 1.88. The number of aromatic nitrogens is 2. The molecule has 8 aromatic carbocycles. The first-order valence-electron chi connectivity index (χ1n) is 18.2. The van der Waals surface area contributed by atoms with Crippen molar-refractivity contribution in [2.45, 2.75) is 26.2 Å². The average molecular weight is 697 g/mol. The van der Waals surface area contributed by atoms with Gasteiger partial charge in [0, 0.05) is 41.9 Å². The molecule has 0 spiro atoms. The fourth-order valence-electron chi connectivity index (χ4n) is 7.90. The zero-order chi connectivity index (χ0) is 35.7. The Morgan fingerprint density at radius 2 is 0.887 bits per heavy atom. The van der Waals surface area contributed by atoms with Crippen molar-refractivity contribution in [2.24, 2.45) is 0 Å². The number of benzene rings is 8. The fraction of sp³-hybridized carbons (Fsp3) is 0.0800. The molecule has 0 saturated carbocycles. The molecule has 10 rings (SSSR count). The second kappa shape index (κ2) is 12.2. The van der Waals surface area contributed by atoms with Crippen molar-refractivity contribution in [3.63, 3.8) is 0 Å². The van der Waals surface area contributed by atoms with Gasteiger partial charge in [-0.15, -0.1) is 11.3 Å². The maximum Gasteiger partial charge on any atom is 0.0979 e. The van der Waals surface area contributed by atoms with Crippen LogP contribution in [0.1, 0.15) is 26.5 Å². The first-order chi connectivity index (χ1) is 25.9. The average Bonchev–Trinajstić information content (AvgIpc) is 3.59. The molecule has 0 fully saturated rings. The lowest BCUT2D eigenvalue weighted by atomic mass is 9.87. The summed E-state index contributed by atoms with van der Waals surface area (Å²) in [6, 6.07) is 59.3. The van der Waals surface area contributed by atoms with E-state index in [1.807, 2.05) is 11.3 Å². The van der Waals surface area contributed by atoms with Crippen molar-refractivity contribution in [1.82, 2.24) is 9.97 Å². The van der Waals surface area contributed by atoms with Crippen LogP contribution in [0.2, 0.25) is 0 Å². The summed E-state index contributed by atoms with van der Waals surface area (Å²) in [4.78, 5) is 10.9. The standard InChI is InChI=1S/C50H36N2S/c1-50(2,3)49-45(51-46-41-17-6-4-14-38(41)39-15-5-7-18-42(39)47(46)52-49)34-28-24-32(25-29-34)36-13-10-12-35(30-36)31-22-26-33(27-23-31)37-19-11-20-43-40-16-8-9-21-44(40)53-48(37)43/h4-30H,1-3H3. The van der Waals surface area contributed by atoms with E-state index in [1.165, 1.54) is 64.3 Å². The molecule has 0 N–H and O–H groups in total. The number of fused-ring (bicyclic) bond motifs is 9. The SMILES string of the molecule is CC(C)(C)c1nc2c3ccccc3c3ccccc3c2nc1-c1ccc(-c2cccc(-c3ccc(-c4cccc5c4sc4ccccc45)cc3)c2)cc1. The molecule has 252 valence electrons. The minimum atomic E-state index is -0.198. The molecule has 0 amide bonds. The number of thiophene rings is 1. The van der Waals surface area contributed by atoms with Gasteiger partial charge in [0.15, 0.2) is 0 Å². The molecule has 10 aromatic rings. The largest absolute Gasteiger partial charge is 0.248 e. The van der Waals surface area contributed by atoms with Crippen LogP contribution < -0.4 is 0 Å². The van der Waals surface area contributed by atoms with Crippen LogP contribution in [0.5, 0.6) is 0 Å². The summed E-state index contributed by atoms with van der Waals surface area (Å²) in [6.45, 7) is 6.69. The van der Waals surface area contributed by atoms with Gasteiger partial charge in [-0.1, -0.05) is 172 Å². The van der Waals surface area contributed by atoms with Gasteiger partial charge in [-0.05, 0) is 56.3 Å². The Labute approximate surface area is 313 Å². The first kappa shape index (κ1) is 31.6. The highest BCUT2D eigenvalue weighted by molar-refractivity contribution is 7.26. The Balaban J connectivity index is 1.01. The zero-order valence-corrected chi connectivity index (χ0v) is 30.7. The van der Waals surface area contributed by atoms with Gasteiger partial charge in [0.25, 0.3) is 0 Å². The van der Waals surface area contributed by atoms with Crippen molar-refractivity contribution in [3.05, 3.63) is 169 Å². The van der Waals surface area contributed by atoms with E-state index in [0.717, 1.165) is 38.8 Å². The number of hydrogen-bond acceptors (Lipinski definition) is 3. The molecule has 0 atom stereocenters. The minimum Gasteiger partial charge on any atom is -0.248 e. The summed E-state index contributed by atoms with van der Waals surface area (Å²) < 4.78 is 2.68. The van der Waals surface area contributed by atoms with Gasteiger partial charge in [-0.25, -0.2) is 9.97 Å². The third-order valence-electron chi connectivity index (χ3n) is 10.5. The second-order valence-corrected chi connectivity index (χ2v) is 16.0. The number of rotatable bonds is 4. The molecule has 0 aliphatic heterocycles. The van der Waals surface area contributed by atoms with Crippen LogP contribution in [0, 0.1) is 0 Å². The smallest absolute Gasteiger partial charge is 0.0979 e. The minimum absolute atomic E-state index is 0.198. The first-order valence-corrected chi connectivity index (χ1v) is 19.1. The van der Waals surface area contributed by atoms with E-state index in [9.17, 15) is 0 Å². The van der Waals surface area contributed by atoms with Gasteiger partial charge in [-0.3, -0.25) is 0 Å². The van der Waals surface area contributed by atoms with Gasteiger partial charge < -0.3 is 0 Å². The summed E-state index contributed by atoms with van der Waals surface area (Å²) in [7, 11) is 0. The van der Waals surface area contributed by atoms with Gasteiger partial charge >= 0.3 is 0 Å². The van der Waals surface area contributed by atoms with Crippen molar-refractivity contribution in [2.75, 3.05) is 0 Å². The predicted octanol–water partition coefficient (Wildman–Crippen LogP) is 14.3. The van der Waals surface area contributed by atoms with Gasteiger partial charge in [0.1, 0.15) is 0 Å². The third-order valence-corrected chi connectivity index (χ3v) is 11.8. The maximum absolute atomic E-state index is 5.44. The van der Waals surface area contributed by atoms with Crippen LogP contribution in [0.3, 0.4) is 0 Å². The van der Waals surface area contributed by atoms with E-state index >= 15 is 0 Å². The van der Waals surface area contributed by atoms with Gasteiger partial charge in [0.05, 0.1) is 22.4 Å². The van der Waals surface area contributed by atoms with Crippen LogP contribution >= 0.6 is 11.3 Å². The zero-order valence-electron chi connectivity index (χ0n) is 29.9. The molecule has 2 aromatic heterocycles. The molecule has 2 heterocycles. The molecule has 0 bridgehead atoms. The van der Waals surface area contributed by atoms with E-state index in [2.05, 4.69) is 185 Å². The predicted molar refractivity (Wildman–Crippen MR) is 228 cm³/mol. The van der Waals surface area contributed by atoms with E-state index in [1.54, 1.807) is 0 Å². The molecule has 0 radical (unpaired) electrons. The topological polar surface area (TPSA) is 25.8 Å². The van der Waals surface area contributed by atoms with Gasteiger partial charge in [0.2, 0.25) is 0 Å². The lowest BCUT2D eigenvalue weighted by Gasteiger charge is -2.23. The van der Waals surface area contributed by atoms with E-state index in [0.29, 0.717) is 0 Å². The van der Waals surface area contributed by atoms with Crippen molar-refractivity contribution < 1.29 is 0 Å². The van der Waals surface area contributed by atoms with Crippen molar-refractivity contribution in [3.8, 4) is 44.6 Å². The summed E-state index contributed by atoms with van der Waals surface area (Å²) in [5, 5.41) is 7.36. The summed E-state index contributed by atoms with van der Waals surface area (Å²) in [5.41, 5.74) is 12.0. The molecule has 0 aliphatic carbocycles. The van der Waals surface area contributed by atoms with E-state index in [-0.39, 0.29) is 5.41 Å². The summed E-state index contributed by atoms with van der Waals surface area (Å²) in [5.74, 6) is 0. The summed E-state index contributed by atoms with van der Waals surface area (Å²) in [6.07, 6.45) is 0. The monoisotopic (exact) mass is 696 g/mol. The highest BCUT2D eigenvalue weighted by atomic mass is 32.1. The molecular formula is C50H36N2S. The second-order valence-electron chi connectivity index (χ2n) is 15.0. The highest BCUT2D eigenvalue weighted by Gasteiger charge is 2.25. The van der Waals surface area contributed by atoms with Crippen LogP contribution in [0.25, 0.3) is 97.4 Å². The van der Waals surface area contributed by atoms with Crippen molar-refractivity contribution in [1.29, 1.82) is 0 Å². The fourth-order valence-corrected chi connectivity index (χ4v) is 9.14. The van der Waals surface area contributed by atoms with Crippen LogP contribution in [-0.4, -0.2) is 9.97 Å². The number of hydrogen-bond donors (Lipinski definition) is 0. The molecule has 2 nitrogen and oxygen atoms in total. The maximum atomic E-state index is 5.44. The third kappa shape index (κ3) is 5.31. The molecule has 53 heavy (non-hydrogen) atoms. The van der Waals surface area contributed by atoms with E-state index < -0.39 is 0 Å². The Morgan fingerprint density at radius 3 is 1.51 bits per heavy atom. The number of nitrogens with zero attached hydrogens (tertiary/aromatic N) is 2. The normalized spacial score (nSPS) is 12.1.